The normalized spacial score (nSPS) is 12.5. The van der Waals surface area contributed by atoms with Gasteiger partial charge in [-0.2, -0.15) is 0 Å². The van der Waals surface area contributed by atoms with E-state index >= 15 is 0 Å². The molecule has 2 aromatic rings. The summed E-state index contributed by atoms with van der Waals surface area (Å²) in [5, 5.41) is 7.73. The van der Waals surface area contributed by atoms with Crippen molar-refractivity contribution in [3.05, 3.63) is 29.6 Å². The van der Waals surface area contributed by atoms with Gasteiger partial charge in [-0.3, -0.25) is 14.4 Å². The van der Waals surface area contributed by atoms with Gasteiger partial charge >= 0.3 is 7.82 Å². The van der Waals surface area contributed by atoms with Crippen LogP contribution in [-0.2, 0) is 15.8 Å². The van der Waals surface area contributed by atoms with Crippen LogP contribution >= 0.6 is 7.82 Å². The van der Waals surface area contributed by atoms with Crippen molar-refractivity contribution in [3.63, 3.8) is 0 Å². The van der Waals surface area contributed by atoms with Gasteiger partial charge < -0.3 is 9.79 Å². The summed E-state index contributed by atoms with van der Waals surface area (Å²) in [6.45, 7) is 3.63. The molecule has 19 heavy (non-hydrogen) atoms. The van der Waals surface area contributed by atoms with Gasteiger partial charge in [0.15, 0.2) is 12.2 Å². The molecule has 0 radical (unpaired) electrons. The molecule has 0 saturated heterocycles. The van der Waals surface area contributed by atoms with E-state index in [0.717, 1.165) is 5.69 Å². The molecule has 0 saturated carbocycles. The number of hydrogen-bond donors (Lipinski definition) is 3. The number of hydrogen-bond acceptors (Lipinski definition) is 4. The van der Waals surface area contributed by atoms with E-state index in [0.29, 0.717) is 5.52 Å². The third kappa shape index (κ3) is 2.93. The Bertz CT molecular complexity index is 699. The summed E-state index contributed by atoms with van der Waals surface area (Å²) in [7, 11) is -4.55. The molecule has 9 heteroatoms. The SMILES string of the molecule is CC(C)c1ccc2c(=N)ncn(COP(=O)(O)O)n12. The topological polar surface area (TPSA) is 113 Å². The highest BCUT2D eigenvalue weighted by Crippen LogP contribution is 2.36. The van der Waals surface area contributed by atoms with Crippen molar-refractivity contribution < 1.29 is 18.9 Å². The number of fused-ring (bicyclic) bond motifs is 1. The fourth-order valence-electron chi connectivity index (χ4n) is 1.82. The number of rotatable bonds is 4. The predicted octanol–water partition coefficient (Wildman–Crippen LogP) is 0.805. The molecule has 0 unspecified atom stereocenters. The Morgan fingerprint density at radius 3 is 2.74 bits per heavy atom. The maximum atomic E-state index is 10.8. The lowest BCUT2D eigenvalue weighted by molar-refractivity contribution is 0.140. The Kier molecular flexibility index (Phi) is 3.60. The molecule has 0 amide bonds. The summed E-state index contributed by atoms with van der Waals surface area (Å²) in [5.41, 5.74) is 1.56. The van der Waals surface area contributed by atoms with Crippen LogP contribution in [0.25, 0.3) is 5.52 Å². The van der Waals surface area contributed by atoms with Crippen LogP contribution in [0.4, 0.5) is 0 Å². The zero-order valence-electron chi connectivity index (χ0n) is 10.5. The number of phosphoric acid groups is 1. The van der Waals surface area contributed by atoms with E-state index in [9.17, 15) is 4.57 Å². The summed E-state index contributed by atoms with van der Waals surface area (Å²) in [4.78, 5) is 21.3. The van der Waals surface area contributed by atoms with E-state index in [1.165, 1.54) is 11.0 Å². The quantitative estimate of drug-likeness (QED) is 0.720. The van der Waals surface area contributed by atoms with Crippen molar-refractivity contribution in [3.8, 4) is 0 Å². The van der Waals surface area contributed by atoms with Gasteiger partial charge in [-0.1, -0.05) is 13.8 Å². The largest absolute Gasteiger partial charge is 0.471 e. The van der Waals surface area contributed by atoms with Crippen molar-refractivity contribution in [1.82, 2.24) is 14.2 Å². The van der Waals surface area contributed by atoms with Gasteiger partial charge in [0.1, 0.15) is 11.8 Å². The van der Waals surface area contributed by atoms with Crippen LogP contribution in [0.3, 0.4) is 0 Å². The van der Waals surface area contributed by atoms with Crippen molar-refractivity contribution in [1.29, 1.82) is 5.41 Å². The summed E-state index contributed by atoms with van der Waals surface area (Å²) in [6.07, 6.45) is 1.32. The number of nitrogens with one attached hydrogen (secondary N) is 1. The summed E-state index contributed by atoms with van der Waals surface area (Å²) < 4.78 is 18.3. The molecular weight excluding hydrogens is 271 g/mol. The Morgan fingerprint density at radius 1 is 1.47 bits per heavy atom. The smallest absolute Gasteiger partial charge is 0.303 e. The maximum absolute atomic E-state index is 10.8. The van der Waals surface area contributed by atoms with Crippen LogP contribution in [0, 0.1) is 5.41 Å². The molecule has 2 heterocycles. The first-order valence-corrected chi connectivity index (χ1v) is 7.14. The minimum absolute atomic E-state index is 0.0966. The molecule has 8 nitrogen and oxygen atoms in total. The average Bonchev–Trinajstić information content (AvgIpc) is 2.72. The van der Waals surface area contributed by atoms with Crippen LogP contribution in [0.2, 0.25) is 0 Å². The first-order valence-electron chi connectivity index (χ1n) is 5.61. The molecule has 0 fully saturated rings. The Hall–Kier alpha value is -1.47. The van der Waals surface area contributed by atoms with E-state index in [1.54, 1.807) is 10.6 Å². The lowest BCUT2D eigenvalue weighted by atomic mass is 10.1. The minimum Gasteiger partial charge on any atom is -0.303 e. The Balaban J connectivity index is 2.54. The molecule has 3 N–H and O–H groups in total. The van der Waals surface area contributed by atoms with Crippen molar-refractivity contribution >= 4 is 13.3 Å². The van der Waals surface area contributed by atoms with Gasteiger partial charge in [-0.25, -0.2) is 14.2 Å². The second-order valence-corrected chi connectivity index (χ2v) is 5.63. The standard InChI is InChI=1S/C10H15N4O4P/c1-7(2)8-3-4-9-10(11)12-5-13(14(8)9)6-18-19(15,16)17/h3-5,7,11H,6H2,1-2H3,(H2,15,16,17). The Labute approximate surface area is 109 Å². The minimum atomic E-state index is -4.55. The highest BCUT2D eigenvalue weighted by atomic mass is 31.2. The molecule has 0 aliphatic heterocycles. The first kappa shape index (κ1) is 14.0. The number of phosphoric ester groups is 1. The molecule has 0 spiro atoms. The molecular formula is C10H15N4O4P. The molecule has 0 bridgehead atoms. The van der Waals surface area contributed by atoms with Gasteiger partial charge in [0.05, 0.1) is 0 Å². The van der Waals surface area contributed by atoms with Gasteiger partial charge in [-0.15, -0.1) is 0 Å². The molecule has 0 atom stereocenters. The van der Waals surface area contributed by atoms with E-state index in [2.05, 4.69) is 9.51 Å². The number of nitrogens with zero attached hydrogens (tertiary/aromatic N) is 3. The molecule has 0 aliphatic carbocycles. The first-order chi connectivity index (χ1) is 8.79. The van der Waals surface area contributed by atoms with E-state index in [4.69, 9.17) is 15.2 Å². The highest BCUT2D eigenvalue weighted by molar-refractivity contribution is 7.46. The fourth-order valence-corrected chi connectivity index (χ4v) is 2.08. The van der Waals surface area contributed by atoms with E-state index < -0.39 is 7.82 Å². The van der Waals surface area contributed by atoms with Crippen LogP contribution in [0.1, 0.15) is 25.5 Å². The van der Waals surface area contributed by atoms with Crippen LogP contribution in [0.15, 0.2) is 18.5 Å². The van der Waals surface area contributed by atoms with Gasteiger partial charge in [0.25, 0.3) is 0 Å². The summed E-state index contributed by atoms with van der Waals surface area (Å²) in [6, 6.07) is 3.60. The van der Waals surface area contributed by atoms with E-state index in [1.807, 2.05) is 19.9 Å². The molecule has 2 aromatic heterocycles. The summed E-state index contributed by atoms with van der Waals surface area (Å²) in [5.74, 6) is 0.186. The lowest BCUT2D eigenvalue weighted by Gasteiger charge is -2.15. The van der Waals surface area contributed by atoms with Crippen molar-refractivity contribution in [2.24, 2.45) is 0 Å². The van der Waals surface area contributed by atoms with Gasteiger partial charge in [0.2, 0.25) is 0 Å². The number of aromatic nitrogens is 3. The average molecular weight is 286 g/mol. The molecule has 104 valence electrons. The zero-order valence-corrected chi connectivity index (χ0v) is 11.4. The Morgan fingerprint density at radius 2 is 2.16 bits per heavy atom. The van der Waals surface area contributed by atoms with Crippen LogP contribution in [0.5, 0.6) is 0 Å². The monoisotopic (exact) mass is 286 g/mol. The zero-order chi connectivity index (χ0) is 14.2. The van der Waals surface area contributed by atoms with Crippen molar-refractivity contribution in [2.45, 2.75) is 26.5 Å². The highest BCUT2D eigenvalue weighted by Gasteiger charge is 2.16. The predicted molar refractivity (Wildman–Crippen MR) is 66.3 cm³/mol. The molecule has 0 aromatic carbocycles. The van der Waals surface area contributed by atoms with Crippen LogP contribution in [-0.4, -0.2) is 24.0 Å². The fraction of sp³-hybridized carbons (Fsp3) is 0.400. The maximum Gasteiger partial charge on any atom is 0.471 e. The van der Waals surface area contributed by atoms with E-state index in [-0.39, 0.29) is 18.1 Å². The van der Waals surface area contributed by atoms with Crippen LogP contribution < -0.4 is 5.49 Å². The second-order valence-electron chi connectivity index (χ2n) is 4.39. The molecule has 2 rings (SSSR count). The summed E-state index contributed by atoms with van der Waals surface area (Å²) >= 11 is 0. The second kappa shape index (κ2) is 4.90. The third-order valence-electron chi connectivity index (χ3n) is 2.65. The van der Waals surface area contributed by atoms with Gasteiger partial charge in [-0.05, 0) is 18.1 Å². The lowest BCUT2D eigenvalue weighted by Crippen LogP contribution is -2.21. The van der Waals surface area contributed by atoms with Crippen molar-refractivity contribution in [2.75, 3.05) is 0 Å². The molecule has 0 aliphatic rings. The van der Waals surface area contributed by atoms with Gasteiger partial charge in [0, 0.05) is 5.69 Å². The third-order valence-corrected chi connectivity index (χ3v) is 3.11.